The lowest BCUT2D eigenvalue weighted by Gasteiger charge is -2.61. The van der Waals surface area contributed by atoms with E-state index in [9.17, 15) is 8.42 Å². The summed E-state index contributed by atoms with van der Waals surface area (Å²) in [7, 11) is -3.12. The molecule has 2 fully saturated rings. The van der Waals surface area contributed by atoms with Crippen LogP contribution in [0.1, 0.15) is 32.6 Å². The van der Waals surface area contributed by atoms with Gasteiger partial charge in [0.25, 0.3) is 0 Å². The molecule has 5 heteroatoms. The number of anilines is 1. The summed E-state index contributed by atoms with van der Waals surface area (Å²) in [6.07, 6.45) is 6.42. The minimum atomic E-state index is -3.12. The molecule has 1 spiro atoms. The standard InChI is InChI=1S/C16H23NO3S/c1-3-20-15-11-14(16(15)9-4-10-16)17-12-5-7-13(8-6-12)21(2,18)19/h5-8,14-15,17H,3-4,9-11H2,1-2H3. The third-order valence-electron chi connectivity index (χ3n) is 5.06. The van der Waals surface area contributed by atoms with Gasteiger partial charge in [-0.05, 0) is 50.5 Å². The van der Waals surface area contributed by atoms with Crippen molar-refractivity contribution in [3.05, 3.63) is 24.3 Å². The van der Waals surface area contributed by atoms with E-state index in [0.717, 1.165) is 18.7 Å². The predicted octanol–water partition coefficient (Wildman–Crippen LogP) is 2.85. The maximum atomic E-state index is 11.5. The first-order valence-corrected chi connectivity index (χ1v) is 9.53. The Morgan fingerprint density at radius 2 is 1.95 bits per heavy atom. The zero-order chi connectivity index (χ0) is 15.1. The number of hydrogen-bond donors (Lipinski definition) is 1. The Morgan fingerprint density at radius 1 is 1.29 bits per heavy atom. The van der Waals surface area contributed by atoms with Crippen molar-refractivity contribution in [2.75, 3.05) is 18.2 Å². The number of ether oxygens (including phenoxy) is 1. The number of benzene rings is 1. The molecule has 2 aliphatic rings. The van der Waals surface area contributed by atoms with Crippen LogP contribution in [0.15, 0.2) is 29.2 Å². The Hall–Kier alpha value is -1.07. The molecule has 1 aromatic carbocycles. The largest absolute Gasteiger partial charge is 0.382 e. The molecule has 21 heavy (non-hydrogen) atoms. The summed E-state index contributed by atoms with van der Waals surface area (Å²) < 4.78 is 28.8. The van der Waals surface area contributed by atoms with Crippen molar-refractivity contribution < 1.29 is 13.2 Å². The van der Waals surface area contributed by atoms with Gasteiger partial charge in [0.2, 0.25) is 0 Å². The molecule has 4 nitrogen and oxygen atoms in total. The van der Waals surface area contributed by atoms with Crippen LogP contribution in [-0.4, -0.2) is 33.4 Å². The Morgan fingerprint density at radius 3 is 2.43 bits per heavy atom. The molecule has 1 aromatic rings. The van der Waals surface area contributed by atoms with E-state index in [2.05, 4.69) is 12.2 Å². The quantitative estimate of drug-likeness (QED) is 0.908. The molecule has 0 aromatic heterocycles. The monoisotopic (exact) mass is 309 g/mol. The molecule has 2 unspecified atom stereocenters. The molecule has 0 bridgehead atoms. The highest BCUT2D eigenvalue weighted by atomic mass is 32.2. The molecular weight excluding hydrogens is 286 g/mol. The lowest BCUT2D eigenvalue weighted by molar-refractivity contribution is -0.157. The van der Waals surface area contributed by atoms with Crippen LogP contribution in [0.4, 0.5) is 5.69 Å². The van der Waals surface area contributed by atoms with E-state index in [1.807, 2.05) is 12.1 Å². The average molecular weight is 309 g/mol. The van der Waals surface area contributed by atoms with Crippen molar-refractivity contribution in [3.8, 4) is 0 Å². The number of rotatable bonds is 5. The Labute approximate surface area is 126 Å². The van der Waals surface area contributed by atoms with Crippen LogP contribution in [0.2, 0.25) is 0 Å². The summed E-state index contributed by atoms with van der Waals surface area (Å²) in [5.41, 5.74) is 1.31. The normalized spacial score (nSPS) is 27.0. The van der Waals surface area contributed by atoms with Gasteiger partial charge in [-0.2, -0.15) is 0 Å². The Balaban J connectivity index is 1.68. The first kappa shape index (κ1) is 14.9. The highest BCUT2D eigenvalue weighted by Gasteiger charge is 2.58. The Bertz CT molecular complexity index is 605. The maximum absolute atomic E-state index is 11.5. The Kier molecular flexibility index (Phi) is 3.74. The summed E-state index contributed by atoms with van der Waals surface area (Å²) in [4.78, 5) is 0.368. The van der Waals surface area contributed by atoms with Crippen molar-refractivity contribution in [3.63, 3.8) is 0 Å². The lowest BCUT2D eigenvalue weighted by Crippen LogP contribution is -2.64. The molecule has 0 saturated heterocycles. The van der Waals surface area contributed by atoms with Gasteiger partial charge in [0.05, 0.1) is 11.0 Å². The van der Waals surface area contributed by atoms with Crippen molar-refractivity contribution in [1.29, 1.82) is 0 Å². The zero-order valence-electron chi connectivity index (χ0n) is 12.6. The second kappa shape index (κ2) is 5.29. The van der Waals surface area contributed by atoms with Gasteiger partial charge in [-0.25, -0.2) is 8.42 Å². The predicted molar refractivity (Wildman–Crippen MR) is 83.3 cm³/mol. The van der Waals surface area contributed by atoms with Crippen molar-refractivity contribution in [2.45, 2.75) is 49.6 Å². The second-order valence-electron chi connectivity index (χ2n) is 6.26. The van der Waals surface area contributed by atoms with Crippen LogP contribution in [0.5, 0.6) is 0 Å². The summed E-state index contributed by atoms with van der Waals surface area (Å²) >= 11 is 0. The number of hydrogen-bond acceptors (Lipinski definition) is 4. The summed E-state index contributed by atoms with van der Waals surface area (Å²) in [5, 5.41) is 3.56. The van der Waals surface area contributed by atoms with E-state index >= 15 is 0 Å². The third kappa shape index (κ3) is 2.57. The van der Waals surface area contributed by atoms with Gasteiger partial charge in [0.1, 0.15) is 0 Å². The fraction of sp³-hybridized carbons (Fsp3) is 0.625. The van der Waals surface area contributed by atoms with Gasteiger partial charge in [0, 0.05) is 30.0 Å². The SMILES string of the molecule is CCOC1CC(Nc2ccc(S(C)(=O)=O)cc2)C12CCC2. The van der Waals surface area contributed by atoms with Crippen LogP contribution in [0.25, 0.3) is 0 Å². The van der Waals surface area contributed by atoms with Gasteiger partial charge < -0.3 is 10.1 Å². The van der Waals surface area contributed by atoms with E-state index in [1.54, 1.807) is 12.1 Å². The molecule has 0 heterocycles. The molecule has 0 radical (unpaired) electrons. The van der Waals surface area contributed by atoms with Crippen LogP contribution >= 0.6 is 0 Å². The topological polar surface area (TPSA) is 55.4 Å². The van der Waals surface area contributed by atoms with E-state index in [-0.39, 0.29) is 0 Å². The fourth-order valence-corrected chi connectivity index (χ4v) is 4.27. The van der Waals surface area contributed by atoms with Crippen LogP contribution in [-0.2, 0) is 14.6 Å². The van der Waals surface area contributed by atoms with E-state index in [4.69, 9.17) is 4.74 Å². The minimum absolute atomic E-state index is 0.311. The molecule has 3 rings (SSSR count). The van der Waals surface area contributed by atoms with E-state index < -0.39 is 9.84 Å². The number of nitrogens with one attached hydrogen (secondary N) is 1. The van der Waals surface area contributed by atoms with E-state index in [0.29, 0.717) is 22.5 Å². The summed E-state index contributed by atoms with van der Waals surface area (Å²) in [6, 6.07) is 7.51. The van der Waals surface area contributed by atoms with E-state index in [1.165, 1.54) is 25.5 Å². The zero-order valence-corrected chi connectivity index (χ0v) is 13.4. The summed E-state index contributed by atoms with van der Waals surface area (Å²) in [5.74, 6) is 0. The van der Waals surface area contributed by atoms with Gasteiger partial charge in [-0.3, -0.25) is 0 Å². The molecule has 0 aliphatic heterocycles. The molecule has 116 valence electrons. The smallest absolute Gasteiger partial charge is 0.175 e. The van der Waals surface area contributed by atoms with Gasteiger partial charge in [-0.1, -0.05) is 6.42 Å². The highest BCUT2D eigenvalue weighted by molar-refractivity contribution is 7.90. The minimum Gasteiger partial charge on any atom is -0.382 e. The average Bonchev–Trinajstić information content (AvgIpc) is 2.35. The molecule has 1 N–H and O–H groups in total. The second-order valence-corrected chi connectivity index (χ2v) is 8.28. The first-order chi connectivity index (χ1) is 9.95. The van der Waals surface area contributed by atoms with Gasteiger partial charge >= 0.3 is 0 Å². The lowest BCUT2D eigenvalue weighted by atomic mass is 9.51. The molecule has 2 atom stereocenters. The molecular formula is C16H23NO3S. The fourth-order valence-electron chi connectivity index (χ4n) is 3.64. The highest BCUT2D eigenvalue weighted by Crippen LogP contribution is 2.58. The van der Waals surface area contributed by atoms with Gasteiger partial charge in [0.15, 0.2) is 9.84 Å². The van der Waals surface area contributed by atoms with Crippen LogP contribution in [0, 0.1) is 5.41 Å². The summed E-state index contributed by atoms with van der Waals surface area (Å²) in [6.45, 7) is 2.83. The van der Waals surface area contributed by atoms with Crippen LogP contribution in [0.3, 0.4) is 0 Å². The first-order valence-electron chi connectivity index (χ1n) is 7.64. The molecule has 2 saturated carbocycles. The van der Waals surface area contributed by atoms with Gasteiger partial charge in [-0.15, -0.1) is 0 Å². The van der Waals surface area contributed by atoms with Crippen molar-refractivity contribution in [1.82, 2.24) is 0 Å². The molecule has 0 amide bonds. The van der Waals surface area contributed by atoms with Crippen molar-refractivity contribution >= 4 is 15.5 Å². The molecule has 2 aliphatic carbocycles. The van der Waals surface area contributed by atoms with Crippen LogP contribution < -0.4 is 5.32 Å². The maximum Gasteiger partial charge on any atom is 0.175 e. The number of sulfone groups is 1. The van der Waals surface area contributed by atoms with Crippen molar-refractivity contribution in [2.24, 2.45) is 5.41 Å². The third-order valence-corrected chi connectivity index (χ3v) is 6.19.